The molecule has 3 rings (SSSR count). The Labute approximate surface area is 147 Å². The summed E-state index contributed by atoms with van der Waals surface area (Å²) < 4.78 is 5.33. The van der Waals surface area contributed by atoms with E-state index in [-0.39, 0.29) is 18.5 Å². The predicted octanol–water partition coefficient (Wildman–Crippen LogP) is 3.88. The van der Waals surface area contributed by atoms with Gasteiger partial charge in [0.2, 0.25) is 0 Å². The molecule has 3 amide bonds. The van der Waals surface area contributed by atoms with E-state index in [0.717, 1.165) is 44.1 Å². The fourth-order valence-corrected chi connectivity index (χ4v) is 3.90. The van der Waals surface area contributed by atoms with Crippen LogP contribution in [0.5, 0.6) is 5.75 Å². The Kier molecular flexibility index (Phi) is 4.99. The van der Waals surface area contributed by atoms with Crippen molar-refractivity contribution in [3.63, 3.8) is 0 Å². The Balaban J connectivity index is 1.83. The van der Waals surface area contributed by atoms with Crippen LogP contribution < -0.4 is 10.1 Å². The van der Waals surface area contributed by atoms with Crippen LogP contribution in [0.1, 0.15) is 50.5 Å². The molecule has 130 valence electrons. The summed E-state index contributed by atoms with van der Waals surface area (Å²) in [6.07, 6.45) is 6.84. The second kappa shape index (κ2) is 7.01. The van der Waals surface area contributed by atoms with Crippen LogP contribution in [-0.2, 0) is 11.3 Å². The molecule has 5 nitrogen and oxygen atoms in total. The molecule has 1 aromatic carbocycles. The topological polar surface area (TPSA) is 58.6 Å². The average molecular weight is 351 g/mol. The molecule has 1 aliphatic carbocycles. The van der Waals surface area contributed by atoms with Gasteiger partial charge in [0.1, 0.15) is 11.3 Å². The van der Waals surface area contributed by atoms with Crippen molar-refractivity contribution in [2.45, 2.75) is 57.0 Å². The van der Waals surface area contributed by atoms with Crippen LogP contribution in [0.2, 0.25) is 5.02 Å². The Morgan fingerprint density at radius 1 is 1.17 bits per heavy atom. The first-order chi connectivity index (χ1) is 11.6. The number of amides is 3. The summed E-state index contributed by atoms with van der Waals surface area (Å²) in [5, 5.41) is 3.53. The second-order valence-electron chi connectivity index (χ2n) is 6.63. The van der Waals surface area contributed by atoms with Gasteiger partial charge in [-0.15, -0.1) is 0 Å². The molecule has 6 heteroatoms. The maximum absolute atomic E-state index is 13.0. The molecule has 1 aliphatic heterocycles. The minimum Gasteiger partial charge on any atom is -0.496 e. The van der Waals surface area contributed by atoms with Crippen molar-refractivity contribution in [2.75, 3.05) is 7.11 Å². The van der Waals surface area contributed by atoms with E-state index in [2.05, 4.69) is 5.32 Å². The molecule has 1 spiro atoms. The number of hydrogen-bond donors (Lipinski definition) is 1. The number of urea groups is 1. The summed E-state index contributed by atoms with van der Waals surface area (Å²) in [7, 11) is 1.56. The van der Waals surface area contributed by atoms with E-state index in [9.17, 15) is 9.59 Å². The Bertz CT molecular complexity index is 639. The highest BCUT2D eigenvalue weighted by Gasteiger charge is 2.50. The molecule has 1 heterocycles. The third kappa shape index (κ3) is 3.22. The number of ether oxygens (including phenoxy) is 1. The minimum atomic E-state index is -0.719. The molecule has 0 aromatic heterocycles. The van der Waals surface area contributed by atoms with Gasteiger partial charge in [0.25, 0.3) is 5.91 Å². The van der Waals surface area contributed by atoms with E-state index < -0.39 is 5.54 Å². The zero-order valence-electron chi connectivity index (χ0n) is 13.9. The zero-order valence-corrected chi connectivity index (χ0v) is 14.7. The van der Waals surface area contributed by atoms with Gasteiger partial charge in [0.15, 0.2) is 0 Å². The lowest BCUT2D eigenvalue weighted by molar-refractivity contribution is -0.132. The molecule has 24 heavy (non-hydrogen) atoms. The SMILES string of the molecule is COc1ccc(Cl)cc1CN1C(=O)NC2(CCCCCCC2)C1=O. The first-order valence-electron chi connectivity index (χ1n) is 8.52. The lowest BCUT2D eigenvalue weighted by Crippen LogP contribution is -2.47. The number of halogens is 1. The number of hydrogen-bond acceptors (Lipinski definition) is 3. The lowest BCUT2D eigenvalue weighted by atomic mass is 9.84. The molecule has 1 N–H and O–H groups in total. The third-order valence-electron chi connectivity index (χ3n) is 5.02. The number of methoxy groups -OCH3 is 1. The summed E-state index contributed by atoms with van der Waals surface area (Å²) in [6, 6.07) is 4.90. The van der Waals surface area contributed by atoms with Crippen LogP contribution in [0.4, 0.5) is 4.79 Å². The van der Waals surface area contributed by atoms with Crippen LogP contribution in [0, 0.1) is 0 Å². The molecule has 1 saturated carbocycles. The summed E-state index contributed by atoms with van der Waals surface area (Å²) in [6.45, 7) is 0.177. The highest BCUT2D eigenvalue weighted by Crippen LogP contribution is 2.34. The number of nitrogens with one attached hydrogen (secondary N) is 1. The zero-order chi connectivity index (χ0) is 17.2. The average Bonchev–Trinajstić information content (AvgIpc) is 2.76. The van der Waals surface area contributed by atoms with Crippen molar-refractivity contribution in [2.24, 2.45) is 0 Å². The fraction of sp³-hybridized carbons (Fsp3) is 0.556. The molecule has 0 atom stereocenters. The molecule has 1 aromatic rings. The first kappa shape index (κ1) is 17.1. The van der Waals surface area contributed by atoms with E-state index >= 15 is 0 Å². The van der Waals surface area contributed by atoms with Crippen molar-refractivity contribution in [3.8, 4) is 5.75 Å². The summed E-state index contributed by atoms with van der Waals surface area (Å²) >= 11 is 6.05. The van der Waals surface area contributed by atoms with E-state index in [0.29, 0.717) is 10.8 Å². The first-order valence-corrected chi connectivity index (χ1v) is 8.90. The van der Waals surface area contributed by atoms with Gasteiger partial charge < -0.3 is 10.1 Å². The van der Waals surface area contributed by atoms with Crippen molar-refractivity contribution in [1.82, 2.24) is 10.2 Å². The van der Waals surface area contributed by atoms with E-state index in [1.165, 1.54) is 11.3 Å². The molecule has 2 aliphatic rings. The predicted molar refractivity (Wildman–Crippen MR) is 92.1 cm³/mol. The molecular weight excluding hydrogens is 328 g/mol. The lowest BCUT2D eigenvalue weighted by Gasteiger charge is -2.28. The van der Waals surface area contributed by atoms with Gasteiger partial charge in [-0.05, 0) is 31.0 Å². The number of imide groups is 1. The summed E-state index contributed by atoms with van der Waals surface area (Å²) in [5.74, 6) is 0.509. The normalized spacial score (nSPS) is 20.7. The molecule has 0 bridgehead atoms. The number of nitrogens with zero attached hydrogens (tertiary/aromatic N) is 1. The van der Waals surface area contributed by atoms with Crippen molar-refractivity contribution in [3.05, 3.63) is 28.8 Å². The standard InChI is InChI=1S/C18H23ClN2O3/c1-24-15-8-7-14(19)11-13(15)12-21-16(22)18(20-17(21)23)9-5-3-2-4-6-10-18/h7-8,11H,2-6,9-10,12H2,1H3,(H,20,23). The van der Waals surface area contributed by atoms with Gasteiger partial charge in [0.05, 0.1) is 13.7 Å². The second-order valence-corrected chi connectivity index (χ2v) is 7.06. The van der Waals surface area contributed by atoms with Crippen molar-refractivity contribution < 1.29 is 14.3 Å². The summed E-state index contributed by atoms with van der Waals surface area (Å²) in [5.41, 5.74) is 0.0138. The van der Waals surface area contributed by atoms with Gasteiger partial charge in [0, 0.05) is 10.6 Å². The number of carbonyl (C=O) groups excluding carboxylic acids is 2. The molecular formula is C18H23ClN2O3. The highest BCUT2D eigenvalue weighted by atomic mass is 35.5. The van der Waals surface area contributed by atoms with Crippen molar-refractivity contribution in [1.29, 1.82) is 0 Å². The van der Waals surface area contributed by atoms with Crippen LogP contribution in [0.25, 0.3) is 0 Å². The fourth-order valence-electron chi connectivity index (χ4n) is 3.71. The highest BCUT2D eigenvalue weighted by molar-refractivity contribution is 6.30. The Morgan fingerprint density at radius 2 is 1.83 bits per heavy atom. The van der Waals surface area contributed by atoms with Crippen molar-refractivity contribution >= 4 is 23.5 Å². The van der Waals surface area contributed by atoms with Gasteiger partial charge >= 0.3 is 6.03 Å². The third-order valence-corrected chi connectivity index (χ3v) is 5.26. The molecule has 0 unspecified atom stereocenters. The van der Waals surface area contributed by atoms with E-state index in [1.54, 1.807) is 25.3 Å². The van der Waals surface area contributed by atoms with Crippen LogP contribution in [0.3, 0.4) is 0 Å². The number of rotatable bonds is 3. The quantitative estimate of drug-likeness (QED) is 0.841. The maximum Gasteiger partial charge on any atom is 0.325 e. The maximum atomic E-state index is 13.0. The van der Waals surface area contributed by atoms with Gasteiger partial charge in [-0.3, -0.25) is 9.69 Å². The number of benzene rings is 1. The monoisotopic (exact) mass is 350 g/mol. The largest absolute Gasteiger partial charge is 0.496 e. The van der Waals surface area contributed by atoms with Gasteiger partial charge in [-0.25, -0.2) is 4.79 Å². The smallest absolute Gasteiger partial charge is 0.325 e. The number of carbonyl (C=O) groups is 2. The summed E-state index contributed by atoms with van der Waals surface area (Å²) in [4.78, 5) is 26.8. The van der Waals surface area contributed by atoms with Gasteiger partial charge in [-0.1, -0.05) is 43.7 Å². The van der Waals surface area contributed by atoms with Crippen LogP contribution in [-0.4, -0.2) is 29.5 Å². The molecule has 2 fully saturated rings. The van der Waals surface area contributed by atoms with Crippen LogP contribution >= 0.6 is 11.6 Å². The Hall–Kier alpha value is -1.75. The van der Waals surface area contributed by atoms with E-state index in [4.69, 9.17) is 16.3 Å². The van der Waals surface area contributed by atoms with Crippen LogP contribution in [0.15, 0.2) is 18.2 Å². The van der Waals surface area contributed by atoms with Gasteiger partial charge in [-0.2, -0.15) is 0 Å². The minimum absolute atomic E-state index is 0.114. The molecule has 1 saturated heterocycles. The Morgan fingerprint density at radius 3 is 2.50 bits per heavy atom. The molecule has 0 radical (unpaired) electrons. The van der Waals surface area contributed by atoms with E-state index in [1.807, 2.05) is 0 Å².